The molecule has 0 fully saturated rings. The molecular weight excluding hydrogens is 396 g/mol. The third-order valence-corrected chi connectivity index (χ3v) is 6.10. The van der Waals surface area contributed by atoms with Crippen molar-refractivity contribution in [1.29, 1.82) is 0 Å². The van der Waals surface area contributed by atoms with Crippen LogP contribution >= 0.6 is 0 Å². The quantitative estimate of drug-likeness (QED) is 0.352. The van der Waals surface area contributed by atoms with Gasteiger partial charge in [0.15, 0.2) is 0 Å². The van der Waals surface area contributed by atoms with Gasteiger partial charge in [-0.3, -0.25) is 6.08 Å². The van der Waals surface area contributed by atoms with E-state index < -0.39 is 0 Å². The van der Waals surface area contributed by atoms with Crippen molar-refractivity contribution >= 4 is 35.5 Å². The van der Waals surface area contributed by atoms with Crippen molar-refractivity contribution in [2.45, 2.75) is 33.4 Å². The minimum atomic E-state index is -0.384. The van der Waals surface area contributed by atoms with E-state index >= 15 is 0 Å². The standard InChI is InChI=1S/C15H14Si.C8H11.Zr/c1-16(2)15-9-5-8-13-12-7-4-3-6-11(12)10-14(13)15;1-7(2)8-5-3-4-6-8;/h3-10H,1-2H3;5-7H,3H2,1-2H3;/q2*-1;+2. The molecule has 0 unspecified atom stereocenters. The zero-order chi connectivity index (χ0) is 17.1. The molecule has 0 N–H and O–H groups in total. The number of allylic oxidation sites excluding steroid dienone is 4. The SMILES string of the molecule is CC(C)C1=CC[C-]=C1.C[Si](C)c1cccc2c1[cH-]c1ccccc12.[Zr+2]. The molecule has 1 radical (unpaired) electrons. The number of benzene rings is 2. The van der Waals surface area contributed by atoms with Crippen molar-refractivity contribution in [3.8, 4) is 0 Å². The molecule has 0 nitrogen and oxygen atoms in total. The Labute approximate surface area is 172 Å². The maximum atomic E-state index is 3.14. The molecule has 0 heterocycles. The maximum Gasteiger partial charge on any atom is 2.00 e. The molecule has 4 rings (SSSR count). The van der Waals surface area contributed by atoms with Gasteiger partial charge in [0.1, 0.15) is 0 Å². The van der Waals surface area contributed by atoms with E-state index in [0.717, 1.165) is 6.42 Å². The third-order valence-electron chi connectivity index (χ3n) is 4.59. The van der Waals surface area contributed by atoms with Gasteiger partial charge in [-0.25, -0.2) is 6.08 Å². The van der Waals surface area contributed by atoms with Crippen LogP contribution in [0.4, 0.5) is 0 Å². The Bertz CT molecular complexity index is 897. The largest absolute Gasteiger partial charge is 2.00 e. The molecule has 0 saturated carbocycles. The van der Waals surface area contributed by atoms with Crippen molar-refractivity contribution in [1.82, 2.24) is 0 Å². The van der Waals surface area contributed by atoms with Crippen molar-refractivity contribution in [2.24, 2.45) is 5.92 Å². The van der Waals surface area contributed by atoms with Crippen LogP contribution in [0.15, 0.2) is 66.3 Å². The Morgan fingerprint density at radius 2 is 1.72 bits per heavy atom. The van der Waals surface area contributed by atoms with Crippen LogP contribution in [0.5, 0.6) is 0 Å². The summed E-state index contributed by atoms with van der Waals surface area (Å²) in [5.74, 6) is 0.685. The molecular formula is C23H25SiZr. The Balaban J connectivity index is 0.000000214. The molecule has 125 valence electrons. The molecule has 1 aliphatic carbocycles. The third kappa shape index (κ3) is 4.54. The molecule has 0 spiro atoms. The second-order valence-corrected chi connectivity index (χ2v) is 9.45. The summed E-state index contributed by atoms with van der Waals surface area (Å²) < 4.78 is 0. The first-order valence-corrected chi connectivity index (χ1v) is 11.2. The van der Waals surface area contributed by atoms with Gasteiger partial charge in [0.25, 0.3) is 0 Å². The summed E-state index contributed by atoms with van der Waals surface area (Å²) >= 11 is 0. The zero-order valence-corrected chi connectivity index (χ0v) is 19.0. The molecule has 0 aromatic heterocycles. The Morgan fingerprint density at radius 3 is 2.32 bits per heavy atom. The summed E-state index contributed by atoms with van der Waals surface area (Å²) in [5, 5.41) is 7.19. The molecule has 2 heteroatoms. The average molecular weight is 421 g/mol. The van der Waals surface area contributed by atoms with E-state index in [1.54, 1.807) is 5.19 Å². The van der Waals surface area contributed by atoms with Crippen LogP contribution in [-0.4, -0.2) is 8.80 Å². The van der Waals surface area contributed by atoms with Gasteiger partial charge < -0.3 is 0 Å². The predicted octanol–water partition coefficient (Wildman–Crippen LogP) is 6.00. The van der Waals surface area contributed by atoms with E-state index in [1.165, 1.54) is 27.1 Å². The van der Waals surface area contributed by atoms with Gasteiger partial charge in [-0.05, 0) is 0 Å². The predicted molar refractivity (Wildman–Crippen MR) is 110 cm³/mol. The molecule has 0 amide bonds. The molecule has 0 bridgehead atoms. The van der Waals surface area contributed by atoms with E-state index in [4.69, 9.17) is 0 Å². The van der Waals surface area contributed by atoms with E-state index in [9.17, 15) is 0 Å². The first-order valence-electron chi connectivity index (χ1n) is 8.72. The number of fused-ring (bicyclic) bond motifs is 3. The number of rotatable bonds is 2. The minimum absolute atomic E-state index is 0. The Morgan fingerprint density at radius 1 is 1.00 bits per heavy atom. The number of hydrogen-bond acceptors (Lipinski definition) is 0. The van der Waals surface area contributed by atoms with E-state index in [0.29, 0.717) is 5.92 Å². The van der Waals surface area contributed by atoms with Crippen molar-refractivity contribution in [2.75, 3.05) is 0 Å². The normalized spacial score (nSPS) is 13.1. The Kier molecular flexibility index (Phi) is 7.28. The first kappa shape index (κ1) is 20.2. The van der Waals surface area contributed by atoms with E-state index in [2.05, 4.69) is 93.7 Å². The summed E-state index contributed by atoms with van der Waals surface area (Å²) in [4.78, 5) is 0. The van der Waals surface area contributed by atoms with Crippen LogP contribution in [0.1, 0.15) is 20.3 Å². The average Bonchev–Trinajstić information content (AvgIpc) is 3.22. The van der Waals surface area contributed by atoms with Gasteiger partial charge in [0.05, 0.1) is 0 Å². The fraction of sp³-hybridized carbons (Fsp3) is 0.261. The van der Waals surface area contributed by atoms with Crippen molar-refractivity contribution < 1.29 is 26.2 Å². The molecule has 3 aromatic carbocycles. The monoisotopic (exact) mass is 419 g/mol. The number of hydrogen-bond donors (Lipinski definition) is 0. The topological polar surface area (TPSA) is 0 Å². The van der Waals surface area contributed by atoms with Gasteiger partial charge >= 0.3 is 26.2 Å². The van der Waals surface area contributed by atoms with Gasteiger partial charge in [-0.2, -0.15) is 11.6 Å². The fourth-order valence-electron chi connectivity index (χ4n) is 3.23. The zero-order valence-electron chi connectivity index (χ0n) is 15.6. The Hall–Kier alpha value is -1.11. The molecule has 3 aromatic rings. The van der Waals surface area contributed by atoms with Gasteiger partial charge in [-0.1, -0.05) is 69.3 Å². The van der Waals surface area contributed by atoms with Gasteiger partial charge in [-0.15, -0.1) is 45.3 Å². The van der Waals surface area contributed by atoms with Crippen LogP contribution in [0.25, 0.3) is 21.5 Å². The fourth-order valence-corrected chi connectivity index (χ4v) is 4.41. The minimum Gasteiger partial charge on any atom is -0.273 e. The molecule has 0 saturated heterocycles. The van der Waals surface area contributed by atoms with Crippen molar-refractivity contribution in [3.63, 3.8) is 0 Å². The van der Waals surface area contributed by atoms with E-state index in [1.807, 2.05) is 0 Å². The maximum absolute atomic E-state index is 3.14. The smallest absolute Gasteiger partial charge is 0.273 e. The van der Waals surface area contributed by atoms with Gasteiger partial charge in [0.2, 0.25) is 0 Å². The summed E-state index contributed by atoms with van der Waals surface area (Å²) in [6, 6.07) is 17.7. The van der Waals surface area contributed by atoms with Crippen LogP contribution < -0.4 is 5.19 Å². The summed E-state index contributed by atoms with van der Waals surface area (Å²) in [6.07, 6.45) is 8.47. The summed E-state index contributed by atoms with van der Waals surface area (Å²) in [5.41, 5.74) is 1.44. The van der Waals surface area contributed by atoms with Gasteiger partial charge in [0, 0.05) is 8.80 Å². The van der Waals surface area contributed by atoms with E-state index in [-0.39, 0.29) is 35.0 Å². The molecule has 0 aliphatic heterocycles. The molecule has 1 aliphatic rings. The van der Waals surface area contributed by atoms with Crippen molar-refractivity contribution in [3.05, 3.63) is 72.3 Å². The van der Waals surface area contributed by atoms with Crippen LogP contribution in [0.2, 0.25) is 13.1 Å². The second kappa shape index (κ2) is 9.01. The first-order chi connectivity index (χ1) is 11.6. The molecule has 25 heavy (non-hydrogen) atoms. The van der Waals surface area contributed by atoms with Crippen LogP contribution in [0.3, 0.4) is 0 Å². The second-order valence-electron chi connectivity index (χ2n) is 6.91. The summed E-state index contributed by atoms with van der Waals surface area (Å²) in [7, 11) is -0.384. The van der Waals surface area contributed by atoms with Crippen LogP contribution in [0, 0.1) is 12.0 Å². The summed E-state index contributed by atoms with van der Waals surface area (Å²) in [6.45, 7) is 9.12. The van der Waals surface area contributed by atoms with Crippen LogP contribution in [-0.2, 0) is 26.2 Å². The molecule has 0 atom stereocenters.